The first-order valence-electron chi connectivity index (χ1n) is 4.59. The Morgan fingerprint density at radius 3 is 2.62 bits per heavy atom. The summed E-state index contributed by atoms with van der Waals surface area (Å²) < 4.78 is 0. The minimum absolute atomic E-state index is 0.154. The van der Waals surface area contributed by atoms with Gasteiger partial charge in [-0.05, 0) is 24.3 Å². The molecule has 0 fully saturated rings. The van der Waals surface area contributed by atoms with E-state index in [0.29, 0.717) is 0 Å². The number of halogens is 1. The number of hydrogen-bond acceptors (Lipinski definition) is 2. The van der Waals surface area contributed by atoms with Crippen LogP contribution in [0.25, 0.3) is 0 Å². The molecule has 0 unspecified atom stereocenters. The number of nitrogens with one attached hydrogen (secondary N) is 1. The van der Waals surface area contributed by atoms with Gasteiger partial charge in [-0.3, -0.25) is 0 Å². The summed E-state index contributed by atoms with van der Waals surface area (Å²) in [5.74, 6) is 0. The van der Waals surface area contributed by atoms with Gasteiger partial charge in [-0.15, -0.1) is 0 Å². The van der Waals surface area contributed by atoms with Crippen molar-refractivity contribution in [1.29, 1.82) is 0 Å². The van der Waals surface area contributed by atoms with Gasteiger partial charge in [0.1, 0.15) is 0 Å². The van der Waals surface area contributed by atoms with Gasteiger partial charge in [0.05, 0.1) is 0 Å². The molecule has 0 aliphatic rings. The van der Waals surface area contributed by atoms with E-state index in [4.69, 9.17) is 16.7 Å². The second-order valence-electron chi connectivity index (χ2n) is 4.20. The number of aliphatic hydroxyl groups is 1. The Hall–Kier alpha value is -0.0500. The molecule has 0 spiro atoms. The maximum atomic E-state index is 8.80. The van der Waals surface area contributed by atoms with Gasteiger partial charge < -0.3 is 10.4 Å². The van der Waals surface area contributed by atoms with Gasteiger partial charge in [0.25, 0.3) is 0 Å². The fraction of sp³-hybridized carbons (Fsp3) is 0.800. The van der Waals surface area contributed by atoms with Crippen molar-refractivity contribution in [2.75, 3.05) is 19.7 Å². The van der Waals surface area contributed by atoms with Crippen molar-refractivity contribution in [3.8, 4) is 0 Å². The van der Waals surface area contributed by atoms with Gasteiger partial charge in [-0.1, -0.05) is 25.4 Å². The molecule has 0 aliphatic carbocycles. The molecule has 0 saturated carbocycles. The van der Waals surface area contributed by atoms with Crippen molar-refractivity contribution >= 4 is 11.6 Å². The highest BCUT2D eigenvalue weighted by Crippen LogP contribution is 2.17. The molecular weight excluding hydrogens is 186 g/mol. The van der Waals surface area contributed by atoms with E-state index in [0.717, 1.165) is 25.1 Å². The van der Waals surface area contributed by atoms with E-state index in [2.05, 4.69) is 19.2 Å². The van der Waals surface area contributed by atoms with Crippen LogP contribution in [-0.2, 0) is 0 Å². The van der Waals surface area contributed by atoms with Crippen LogP contribution in [0.4, 0.5) is 0 Å². The van der Waals surface area contributed by atoms with Crippen LogP contribution in [0.1, 0.15) is 27.2 Å². The summed E-state index contributed by atoms with van der Waals surface area (Å²) in [5.41, 5.74) is 2.87. The molecule has 0 rings (SSSR count). The molecule has 0 aromatic rings. The summed E-state index contributed by atoms with van der Waals surface area (Å²) >= 11 is 5.52. The maximum Gasteiger partial charge on any atom is 0.0436 e. The van der Waals surface area contributed by atoms with Gasteiger partial charge in [-0.25, -0.2) is 0 Å². The van der Waals surface area contributed by atoms with E-state index in [9.17, 15) is 0 Å². The molecule has 78 valence electrons. The van der Waals surface area contributed by atoms with Crippen LogP contribution in [0.5, 0.6) is 0 Å². The van der Waals surface area contributed by atoms with E-state index in [1.807, 2.05) is 6.92 Å². The van der Waals surface area contributed by atoms with Gasteiger partial charge >= 0.3 is 0 Å². The molecule has 0 aromatic heterocycles. The quantitative estimate of drug-likeness (QED) is 0.697. The fourth-order valence-corrected chi connectivity index (χ4v) is 1.10. The molecule has 13 heavy (non-hydrogen) atoms. The average molecular weight is 206 g/mol. The summed E-state index contributed by atoms with van der Waals surface area (Å²) in [7, 11) is 0. The summed E-state index contributed by atoms with van der Waals surface area (Å²) in [4.78, 5) is 0. The van der Waals surface area contributed by atoms with Gasteiger partial charge in [0, 0.05) is 25.2 Å². The largest absolute Gasteiger partial charge is 0.396 e. The molecule has 0 saturated heterocycles. The highest BCUT2D eigenvalue weighted by Gasteiger charge is 2.15. The third-order valence-corrected chi connectivity index (χ3v) is 2.35. The van der Waals surface area contributed by atoms with Crippen molar-refractivity contribution < 1.29 is 5.11 Å². The molecule has 2 nitrogen and oxygen atoms in total. The fourth-order valence-electron chi connectivity index (χ4n) is 1.03. The summed E-state index contributed by atoms with van der Waals surface area (Å²) in [6, 6.07) is 0. The van der Waals surface area contributed by atoms with Crippen LogP contribution in [0.15, 0.2) is 11.1 Å². The lowest BCUT2D eigenvalue weighted by atomic mass is 9.90. The normalized spacial score (nSPS) is 13.5. The third kappa shape index (κ3) is 7.05. The molecule has 2 N–H and O–H groups in total. The lowest BCUT2D eigenvalue weighted by molar-refractivity contribution is 0.208. The highest BCUT2D eigenvalue weighted by atomic mass is 35.5. The first-order chi connectivity index (χ1) is 6.02. The van der Waals surface area contributed by atoms with E-state index in [1.54, 1.807) is 5.54 Å². The van der Waals surface area contributed by atoms with Crippen LogP contribution in [0.2, 0.25) is 0 Å². The second-order valence-corrected chi connectivity index (χ2v) is 4.42. The van der Waals surface area contributed by atoms with Crippen LogP contribution in [0, 0.1) is 5.41 Å². The van der Waals surface area contributed by atoms with E-state index in [-0.39, 0.29) is 12.0 Å². The molecule has 0 atom stereocenters. The van der Waals surface area contributed by atoms with E-state index in [1.165, 1.54) is 0 Å². The molecule has 0 heterocycles. The molecule has 0 aromatic carbocycles. The zero-order valence-electron chi connectivity index (χ0n) is 8.73. The van der Waals surface area contributed by atoms with Gasteiger partial charge in [-0.2, -0.15) is 0 Å². The van der Waals surface area contributed by atoms with Crippen LogP contribution < -0.4 is 5.32 Å². The van der Waals surface area contributed by atoms with Gasteiger partial charge in [0.2, 0.25) is 0 Å². The number of hydrogen-bond donors (Lipinski definition) is 2. The summed E-state index contributed by atoms with van der Waals surface area (Å²) in [6.07, 6.45) is 0.823. The predicted molar refractivity (Wildman–Crippen MR) is 58.0 cm³/mol. The number of rotatable bonds is 6. The third-order valence-electron chi connectivity index (χ3n) is 1.98. The first kappa shape index (κ1) is 12.9. The molecule has 0 amide bonds. The Bertz CT molecular complexity index is 166. The topological polar surface area (TPSA) is 32.3 Å². The standard InChI is InChI=1S/C10H20ClNO/c1-9(6-11)7-12-8-10(2,3)4-5-13/h6,12-13H,4-5,7-8H2,1-3H3. The monoisotopic (exact) mass is 205 g/mol. The molecular formula is C10H20ClNO. The zero-order valence-corrected chi connectivity index (χ0v) is 9.49. The van der Waals surface area contributed by atoms with Crippen LogP contribution in [0.3, 0.4) is 0 Å². The molecule has 0 bridgehead atoms. The van der Waals surface area contributed by atoms with Crippen molar-refractivity contribution in [3.05, 3.63) is 11.1 Å². The first-order valence-corrected chi connectivity index (χ1v) is 5.03. The zero-order chi connectivity index (χ0) is 10.3. The molecule has 0 radical (unpaired) electrons. The smallest absolute Gasteiger partial charge is 0.0436 e. The maximum absolute atomic E-state index is 8.80. The highest BCUT2D eigenvalue weighted by molar-refractivity contribution is 6.25. The van der Waals surface area contributed by atoms with Gasteiger partial charge in [0.15, 0.2) is 0 Å². The summed E-state index contributed by atoms with van der Waals surface area (Å²) in [5, 5.41) is 12.1. The Morgan fingerprint density at radius 2 is 2.15 bits per heavy atom. The van der Waals surface area contributed by atoms with Crippen molar-refractivity contribution in [3.63, 3.8) is 0 Å². The Labute approximate surface area is 86.0 Å². The lowest BCUT2D eigenvalue weighted by Gasteiger charge is -2.23. The minimum atomic E-state index is 0.154. The van der Waals surface area contributed by atoms with Crippen molar-refractivity contribution in [1.82, 2.24) is 5.32 Å². The predicted octanol–water partition coefficient (Wildman–Crippen LogP) is 2.13. The van der Waals surface area contributed by atoms with E-state index < -0.39 is 0 Å². The minimum Gasteiger partial charge on any atom is -0.396 e. The van der Waals surface area contributed by atoms with E-state index >= 15 is 0 Å². The second kappa shape index (κ2) is 6.41. The average Bonchev–Trinajstić information content (AvgIpc) is 2.03. The lowest BCUT2D eigenvalue weighted by Crippen LogP contribution is -2.31. The Kier molecular flexibility index (Phi) is 6.39. The summed E-state index contributed by atoms with van der Waals surface area (Å²) in [6.45, 7) is 8.22. The van der Waals surface area contributed by atoms with Crippen molar-refractivity contribution in [2.24, 2.45) is 5.41 Å². The van der Waals surface area contributed by atoms with Crippen molar-refractivity contribution in [2.45, 2.75) is 27.2 Å². The molecule has 0 aliphatic heterocycles. The molecule has 3 heteroatoms. The Balaban J connectivity index is 3.63. The van der Waals surface area contributed by atoms with Crippen LogP contribution in [-0.4, -0.2) is 24.8 Å². The Morgan fingerprint density at radius 1 is 1.54 bits per heavy atom. The number of aliphatic hydroxyl groups excluding tert-OH is 1. The van der Waals surface area contributed by atoms with Crippen LogP contribution >= 0.6 is 11.6 Å². The SMILES string of the molecule is CC(=CCl)CNCC(C)(C)CCO.